The van der Waals surface area contributed by atoms with Crippen molar-refractivity contribution in [3.05, 3.63) is 11.9 Å². The van der Waals surface area contributed by atoms with E-state index in [1.807, 2.05) is 6.92 Å². The first-order valence-corrected chi connectivity index (χ1v) is 4.82. The van der Waals surface area contributed by atoms with Crippen LogP contribution in [-0.2, 0) is 6.42 Å². The van der Waals surface area contributed by atoms with Crippen LogP contribution in [0, 0.1) is 0 Å². The van der Waals surface area contributed by atoms with Crippen LogP contribution < -0.4 is 5.32 Å². The summed E-state index contributed by atoms with van der Waals surface area (Å²) in [6.45, 7) is 2.54. The second kappa shape index (κ2) is 3.55. The summed E-state index contributed by atoms with van der Waals surface area (Å²) in [4.78, 5) is 4.22. The summed E-state index contributed by atoms with van der Waals surface area (Å²) in [7, 11) is 0. The Balaban J connectivity index is 2.33. The molecule has 0 fully saturated rings. The lowest BCUT2D eigenvalue weighted by Gasteiger charge is -2.24. The number of anilines is 1. The fourth-order valence-corrected chi connectivity index (χ4v) is 1.72. The van der Waals surface area contributed by atoms with E-state index >= 15 is 0 Å². The molecule has 14 heavy (non-hydrogen) atoms. The van der Waals surface area contributed by atoms with Crippen molar-refractivity contribution in [2.24, 2.45) is 0 Å². The predicted molar refractivity (Wildman–Crippen MR) is 49.8 cm³/mol. The summed E-state index contributed by atoms with van der Waals surface area (Å²) in [5.74, 6) is 0.582. The van der Waals surface area contributed by atoms with Crippen LogP contribution in [0.3, 0.4) is 0 Å². The SMILES string of the molecule is CCc1cn2c(n1)NCCC2C(F)F. The van der Waals surface area contributed by atoms with Gasteiger partial charge in [-0.25, -0.2) is 13.8 Å². The van der Waals surface area contributed by atoms with Gasteiger partial charge in [0.25, 0.3) is 6.43 Å². The van der Waals surface area contributed by atoms with E-state index < -0.39 is 12.5 Å². The fraction of sp³-hybridized carbons (Fsp3) is 0.667. The maximum atomic E-state index is 12.6. The van der Waals surface area contributed by atoms with Gasteiger partial charge in [-0.1, -0.05) is 6.92 Å². The molecule has 78 valence electrons. The lowest BCUT2D eigenvalue weighted by molar-refractivity contribution is 0.0777. The third kappa shape index (κ3) is 1.47. The van der Waals surface area contributed by atoms with Gasteiger partial charge in [-0.05, 0) is 12.8 Å². The molecule has 0 saturated carbocycles. The molecule has 0 spiro atoms. The third-order valence-electron chi connectivity index (χ3n) is 2.52. The molecule has 0 aliphatic carbocycles. The minimum Gasteiger partial charge on any atom is -0.356 e. The summed E-state index contributed by atoms with van der Waals surface area (Å²) < 4.78 is 26.8. The average Bonchev–Trinajstić information content (AvgIpc) is 2.59. The molecule has 0 amide bonds. The van der Waals surface area contributed by atoms with E-state index in [9.17, 15) is 8.78 Å². The standard InChI is InChI=1S/C9H13F2N3/c1-2-6-5-14-7(8(10)11)3-4-12-9(14)13-6/h5,7-8H,2-4H2,1H3,(H,12,13). The molecule has 0 saturated heterocycles. The average molecular weight is 201 g/mol. The minimum atomic E-state index is -2.31. The van der Waals surface area contributed by atoms with Crippen molar-refractivity contribution in [1.82, 2.24) is 9.55 Å². The molecule has 1 aromatic heterocycles. The maximum Gasteiger partial charge on any atom is 0.259 e. The highest BCUT2D eigenvalue weighted by atomic mass is 19.3. The Kier molecular flexibility index (Phi) is 2.39. The van der Waals surface area contributed by atoms with Crippen molar-refractivity contribution in [2.75, 3.05) is 11.9 Å². The van der Waals surface area contributed by atoms with Crippen LogP contribution in [0.1, 0.15) is 25.1 Å². The molecule has 1 atom stereocenters. The van der Waals surface area contributed by atoms with Crippen LogP contribution in [0.25, 0.3) is 0 Å². The molecule has 5 heteroatoms. The molecular weight excluding hydrogens is 188 g/mol. The molecule has 0 aromatic carbocycles. The van der Waals surface area contributed by atoms with Crippen LogP contribution in [0.2, 0.25) is 0 Å². The largest absolute Gasteiger partial charge is 0.356 e. The Morgan fingerprint density at radius 3 is 3.14 bits per heavy atom. The summed E-state index contributed by atoms with van der Waals surface area (Å²) in [6, 6.07) is -0.709. The van der Waals surface area contributed by atoms with Crippen LogP contribution in [0.5, 0.6) is 0 Å². The van der Waals surface area contributed by atoms with Crippen molar-refractivity contribution in [2.45, 2.75) is 32.2 Å². The molecule has 1 aliphatic rings. The Hall–Kier alpha value is -1.13. The quantitative estimate of drug-likeness (QED) is 0.793. The Morgan fingerprint density at radius 2 is 2.50 bits per heavy atom. The number of alkyl halides is 2. The minimum absolute atomic E-state index is 0.462. The van der Waals surface area contributed by atoms with E-state index in [1.165, 1.54) is 0 Å². The zero-order valence-corrected chi connectivity index (χ0v) is 8.00. The van der Waals surface area contributed by atoms with Crippen LogP contribution in [0.15, 0.2) is 6.20 Å². The number of imidazole rings is 1. The highest BCUT2D eigenvalue weighted by Crippen LogP contribution is 2.28. The van der Waals surface area contributed by atoms with E-state index in [1.54, 1.807) is 10.8 Å². The first-order valence-electron chi connectivity index (χ1n) is 4.82. The predicted octanol–water partition coefficient (Wildman–Crippen LogP) is 2.07. The van der Waals surface area contributed by atoms with E-state index in [-0.39, 0.29) is 0 Å². The molecule has 1 N–H and O–H groups in total. The highest BCUT2D eigenvalue weighted by molar-refractivity contribution is 5.32. The van der Waals surface area contributed by atoms with Gasteiger partial charge in [-0.3, -0.25) is 0 Å². The first-order chi connectivity index (χ1) is 6.72. The van der Waals surface area contributed by atoms with Gasteiger partial charge in [0.15, 0.2) is 0 Å². The van der Waals surface area contributed by atoms with Crippen molar-refractivity contribution < 1.29 is 8.78 Å². The maximum absolute atomic E-state index is 12.6. The van der Waals surface area contributed by atoms with E-state index in [4.69, 9.17) is 0 Å². The summed E-state index contributed by atoms with van der Waals surface area (Å²) in [6.07, 6.45) is 0.648. The molecule has 1 unspecified atom stereocenters. The number of hydrogen-bond acceptors (Lipinski definition) is 2. The number of fused-ring (bicyclic) bond motifs is 1. The zero-order chi connectivity index (χ0) is 10.1. The summed E-state index contributed by atoms with van der Waals surface area (Å²) in [5, 5.41) is 3.02. The van der Waals surface area contributed by atoms with Crippen LogP contribution in [0.4, 0.5) is 14.7 Å². The summed E-state index contributed by atoms with van der Waals surface area (Å²) >= 11 is 0. The number of nitrogens with one attached hydrogen (secondary N) is 1. The molecular formula is C9H13F2N3. The van der Waals surface area contributed by atoms with Crippen molar-refractivity contribution >= 4 is 5.95 Å². The van der Waals surface area contributed by atoms with Gasteiger partial charge >= 0.3 is 0 Å². The topological polar surface area (TPSA) is 29.9 Å². The van der Waals surface area contributed by atoms with E-state index in [2.05, 4.69) is 10.3 Å². The van der Waals surface area contributed by atoms with Crippen LogP contribution >= 0.6 is 0 Å². The first kappa shape index (κ1) is 9.43. The Bertz CT molecular complexity index is 322. The number of rotatable bonds is 2. The molecule has 2 heterocycles. The summed E-state index contributed by atoms with van der Waals surface area (Å²) in [5.41, 5.74) is 0.861. The van der Waals surface area contributed by atoms with Crippen LogP contribution in [-0.4, -0.2) is 22.5 Å². The number of nitrogens with zero attached hydrogens (tertiary/aromatic N) is 2. The van der Waals surface area contributed by atoms with Gasteiger partial charge in [-0.15, -0.1) is 0 Å². The van der Waals surface area contributed by atoms with Gasteiger partial charge in [0, 0.05) is 12.7 Å². The molecule has 3 nitrogen and oxygen atoms in total. The van der Waals surface area contributed by atoms with Crippen molar-refractivity contribution in [3.63, 3.8) is 0 Å². The molecule has 0 radical (unpaired) electrons. The highest BCUT2D eigenvalue weighted by Gasteiger charge is 2.28. The number of aryl methyl sites for hydroxylation is 1. The normalized spacial score (nSPS) is 20.7. The third-order valence-corrected chi connectivity index (χ3v) is 2.52. The number of halogens is 2. The number of aromatic nitrogens is 2. The van der Waals surface area contributed by atoms with Gasteiger partial charge in [0.1, 0.15) is 0 Å². The Labute approximate surface area is 81.1 Å². The van der Waals surface area contributed by atoms with Gasteiger partial charge in [0.05, 0.1) is 11.7 Å². The zero-order valence-electron chi connectivity index (χ0n) is 8.00. The Morgan fingerprint density at radius 1 is 1.71 bits per heavy atom. The van der Waals surface area contributed by atoms with Gasteiger partial charge < -0.3 is 9.88 Å². The molecule has 2 rings (SSSR count). The lowest BCUT2D eigenvalue weighted by Crippen LogP contribution is -2.27. The fourth-order valence-electron chi connectivity index (χ4n) is 1.72. The number of hydrogen-bond donors (Lipinski definition) is 1. The second-order valence-electron chi connectivity index (χ2n) is 3.43. The second-order valence-corrected chi connectivity index (χ2v) is 3.43. The molecule has 0 bridgehead atoms. The van der Waals surface area contributed by atoms with Gasteiger partial charge in [-0.2, -0.15) is 0 Å². The molecule has 1 aliphatic heterocycles. The van der Waals surface area contributed by atoms with Crippen molar-refractivity contribution in [1.29, 1.82) is 0 Å². The lowest BCUT2D eigenvalue weighted by atomic mass is 10.2. The van der Waals surface area contributed by atoms with Crippen molar-refractivity contribution in [3.8, 4) is 0 Å². The van der Waals surface area contributed by atoms with E-state index in [0.717, 1.165) is 12.1 Å². The monoisotopic (exact) mass is 201 g/mol. The molecule has 1 aromatic rings. The smallest absolute Gasteiger partial charge is 0.259 e. The van der Waals surface area contributed by atoms with Gasteiger partial charge in [0.2, 0.25) is 5.95 Å². The van der Waals surface area contributed by atoms with E-state index in [0.29, 0.717) is 18.9 Å².